The molecule has 0 aliphatic heterocycles. The number of rotatable bonds is 7. The minimum absolute atomic E-state index is 0.312. The zero-order valence-corrected chi connectivity index (χ0v) is 25.4. The van der Waals surface area contributed by atoms with E-state index in [9.17, 15) is 14.4 Å². The van der Waals surface area contributed by atoms with E-state index in [0.29, 0.717) is 23.3 Å². The molecule has 218 valence electrons. The van der Waals surface area contributed by atoms with Crippen LogP contribution in [0.4, 0.5) is 0 Å². The molecule has 0 saturated heterocycles. The molecule has 0 spiro atoms. The average Bonchev–Trinajstić information content (AvgIpc) is 3.25. The Morgan fingerprint density at radius 1 is 0.714 bits per heavy atom. The topological polar surface area (TPSA) is 78.9 Å². The molecule has 4 rings (SSSR count). The Kier molecular flexibility index (Phi) is 8.58. The number of ether oxygens (including phenoxy) is 3. The monoisotopic (exact) mass is 566 g/mol. The smallest absolute Gasteiger partial charge is 0.338 e. The van der Waals surface area contributed by atoms with Crippen LogP contribution in [0.5, 0.6) is 5.75 Å². The number of fused-ring (bicyclic) bond motifs is 1. The van der Waals surface area contributed by atoms with Crippen LogP contribution in [0.3, 0.4) is 0 Å². The van der Waals surface area contributed by atoms with Gasteiger partial charge in [0, 0.05) is 23.1 Å². The van der Waals surface area contributed by atoms with E-state index in [1.54, 1.807) is 26.0 Å². The van der Waals surface area contributed by atoms with Gasteiger partial charge in [-0.05, 0) is 106 Å². The summed E-state index contributed by atoms with van der Waals surface area (Å²) in [5.74, 6) is -0.775. The molecule has 0 aromatic heterocycles. The highest BCUT2D eigenvalue weighted by Crippen LogP contribution is 2.46. The maximum Gasteiger partial charge on any atom is 0.338 e. The van der Waals surface area contributed by atoms with Crippen molar-refractivity contribution in [3.8, 4) is 28.0 Å². The molecule has 3 aromatic rings. The zero-order chi connectivity index (χ0) is 30.9. The van der Waals surface area contributed by atoms with Gasteiger partial charge >= 0.3 is 17.9 Å². The van der Waals surface area contributed by atoms with Crippen LogP contribution in [0.2, 0.25) is 0 Å². The zero-order valence-electron chi connectivity index (χ0n) is 25.4. The van der Waals surface area contributed by atoms with Gasteiger partial charge in [-0.1, -0.05) is 49.6 Å². The quantitative estimate of drug-likeness (QED) is 0.163. The molecule has 2 atom stereocenters. The minimum atomic E-state index is -0.668. The molecule has 3 aromatic carbocycles. The summed E-state index contributed by atoms with van der Waals surface area (Å²) in [6, 6.07) is 17.7. The Bertz CT molecular complexity index is 1590. The number of hydrogen-bond donors (Lipinski definition) is 0. The van der Waals surface area contributed by atoms with Gasteiger partial charge in [-0.15, -0.1) is 0 Å². The van der Waals surface area contributed by atoms with Gasteiger partial charge in [-0.3, -0.25) is 4.79 Å². The van der Waals surface area contributed by atoms with Gasteiger partial charge in [0.2, 0.25) is 0 Å². The molecule has 6 nitrogen and oxygen atoms in total. The highest BCUT2D eigenvalue weighted by molar-refractivity contribution is 5.89. The van der Waals surface area contributed by atoms with Gasteiger partial charge in [-0.2, -0.15) is 0 Å². The van der Waals surface area contributed by atoms with Crippen LogP contribution in [0.15, 0.2) is 78.9 Å². The molecule has 0 amide bonds. The molecule has 2 unspecified atom stereocenters. The second-order valence-electron chi connectivity index (χ2n) is 12.1. The molecule has 1 aliphatic rings. The summed E-state index contributed by atoms with van der Waals surface area (Å²) in [6.45, 7) is 20.1. The molecule has 0 radical (unpaired) electrons. The lowest BCUT2D eigenvalue weighted by Crippen LogP contribution is -2.24. The van der Waals surface area contributed by atoms with Crippen molar-refractivity contribution in [2.45, 2.75) is 67.1 Å². The van der Waals surface area contributed by atoms with Crippen LogP contribution in [-0.2, 0) is 23.9 Å². The fourth-order valence-electron chi connectivity index (χ4n) is 4.86. The Labute approximate surface area is 248 Å². The van der Waals surface area contributed by atoms with Gasteiger partial charge in [-0.25, -0.2) is 9.59 Å². The number of hydrogen-bond acceptors (Lipinski definition) is 6. The molecular weight excluding hydrogens is 528 g/mol. The van der Waals surface area contributed by atoms with Crippen LogP contribution in [-0.4, -0.2) is 17.9 Å². The van der Waals surface area contributed by atoms with Crippen LogP contribution >= 0.6 is 0 Å². The Balaban J connectivity index is 1.67. The second kappa shape index (κ2) is 11.8. The first-order valence-electron chi connectivity index (χ1n) is 14.0. The number of carbonyl (C=O) groups is 3. The fourth-order valence-corrected chi connectivity index (χ4v) is 4.86. The fraction of sp³-hybridized carbons (Fsp3) is 0.306. The first kappa shape index (κ1) is 30.5. The lowest BCUT2D eigenvalue weighted by atomic mass is 9.90. The van der Waals surface area contributed by atoms with Crippen molar-refractivity contribution in [2.75, 3.05) is 0 Å². The molecule has 0 saturated carbocycles. The normalized spacial score (nSPS) is 15.9. The van der Waals surface area contributed by atoms with Crippen LogP contribution in [0, 0.1) is 19.3 Å². The lowest BCUT2D eigenvalue weighted by Gasteiger charge is -2.21. The van der Waals surface area contributed by atoms with Crippen molar-refractivity contribution in [3.05, 3.63) is 101 Å². The maximum absolute atomic E-state index is 12.8. The number of esters is 3. The first-order chi connectivity index (χ1) is 19.6. The maximum atomic E-state index is 12.8. The van der Waals surface area contributed by atoms with Crippen molar-refractivity contribution in [2.24, 2.45) is 5.41 Å². The van der Waals surface area contributed by atoms with Crippen molar-refractivity contribution in [3.63, 3.8) is 0 Å². The van der Waals surface area contributed by atoms with Gasteiger partial charge < -0.3 is 14.2 Å². The van der Waals surface area contributed by atoms with Gasteiger partial charge in [0.1, 0.15) is 18.0 Å². The Morgan fingerprint density at radius 3 is 1.79 bits per heavy atom. The summed E-state index contributed by atoms with van der Waals surface area (Å²) in [5, 5.41) is 0. The molecular formula is C36H38O6. The van der Waals surface area contributed by atoms with E-state index >= 15 is 0 Å². The Morgan fingerprint density at radius 2 is 1.24 bits per heavy atom. The third-order valence-corrected chi connectivity index (χ3v) is 7.27. The minimum Gasteiger partial charge on any atom is -0.457 e. The van der Waals surface area contributed by atoms with E-state index in [-0.39, 0.29) is 5.97 Å². The average molecular weight is 567 g/mol. The number of carbonyl (C=O) groups excluding carboxylic acids is 3. The molecule has 6 heteroatoms. The van der Waals surface area contributed by atoms with Crippen LogP contribution < -0.4 is 4.74 Å². The van der Waals surface area contributed by atoms with E-state index in [2.05, 4.69) is 39.1 Å². The summed E-state index contributed by atoms with van der Waals surface area (Å²) in [6.07, 6.45) is -0.708. The molecule has 42 heavy (non-hydrogen) atoms. The third kappa shape index (κ3) is 6.54. The van der Waals surface area contributed by atoms with Crippen LogP contribution in [0.25, 0.3) is 22.3 Å². The molecule has 0 fully saturated rings. The van der Waals surface area contributed by atoms with Crippen molar-refractivity contribution < 1.29 is 28.6 Å². The molecule has 0 bridgehead atoms. The van der Waals surface area contributed by atoms with E-state index in [4.69, 9.17) is 14.2 Å². The second-order valence-corrected chi connectivity index (χ2v) is 12.1. The third-order valence-electron chi connectivity index (χ3n) is 7.27. The van der Waals surface area contributed by atoms with E-state index in [0.717, 1.165) is 44.5 Å². The van der Waals surface area contributed by atoms with Gasteiger partial charge in [0.05, 0.1) is 5.41 Å². The standard InChI is InChI=1S/C36H38O6/c1-20(2)33(37)40-26-13-10-24(11-14-26)28-16-23(6)29(17-22(28)5)25-12-15-27-30(18-25)32(42-35(39)36(7,8)9)19-31(27)41-34(38)21(3)4/h10-18,31-32H,1,3,19H2,2,4-9H3. The van der Waals surface area contributed by atoms with Crippen molar-refractivity contribution >= 4 is 17.9 Å². The highest BCUT2D eigenvalue weighted by Gasteiger charge is 2.38. The van der Waals surface area contributed by atoms with Gasteiger partial charge in [0.15, 0.2) is 0 Å². The summed E-state index contributed by atoms with van der Waals surface area (Å²) in [4.78, 5) is 37.0. The highest BCUT2D eigenvalue weighted by atomic mass is 16.6. The summed E-state index contributed by atoms with van der Waals surface area (Å²) in [5.41, 5.74) is 7.91. The van der Waals surface area contributed by atoms with Gasteiger partial charge in [0.25, 0.3) is 0 Å². The Hall–Kier alpha value is -4.45. The first-order valence-corrected chi connectivity index (χ1v) is 14.0. The van der Waals surface area contributed by atoms with E-state index < -0.39 is 29.6 Å². The van der Waals surface area contributed by atoms with E-state index in [1.165, 1.54) is 0 Å². The molecule has 0 heterocycles. The van der Waals surface area contributed by atoms with E-state index in [1.807, 2.05) is 51.1 Å². The molecule has 1 aliphatic carbocycles. The largest absolute Gasteiger partial charge is 0.457 e. The number of benzene rings is 3. The molecule has 0 N–H and O–H groups in total. The lowest BCUT2D eigenvalue weighted by molar-refractivity contribution is -0.160. The SMILES string of the molecule is C=C(C)C(=O)Oc1ccc(-c2cc(C)c(-c3ccc4c(c3)C(OC(=O)C(C)(C)C)CC4OC(=O)C(=C)C)cc2C)cc1. The number of aryl methyl sites for hydroxylation is 2. The van der Waals surface area contributed by atoms with Crippen molar-refractivity contribution in [1.82, 2.24) is 0 Å². The summed E-state index contributed by atoms with van der Waals surface area (Å²) in [7, 11) is 0. The summed E-state index contributed by atoms with van der Waals surface area (Å²) < 4.78 is 17.0. The van der Waals surface area contributed by atoms with Crippen molar-refractivity contribution in [1.29, 1.82) is 0 Å². The predicted molar refractivity (Wildman–Crippen MR) is 164 cm³/mol. The predicted octanol–water partition coefficient (Wildman–Crippen LogP) is 8.31. The van der Waals surface area contributed by atoms with Crippen LogP contribution in [0.1, 0.15) is 75.5 Å². The summed E-state index contributed by atoms with van der Waals surface area (Å²) >= 11 is 0.